The Kier molecular flexibility index (Phi) is 6.20. The number of amides is 2. The molecule has 31 heavy (non-hydrogen) atoms. The summed E-state index contributed by atoms with van der Waals surface area (Å²) in [5.41, 5.74) is 0.282. The molecular weight excluding hydrogens is 400 g/mol. The Balaban J connectivity index is 1.60. The Bertz CT molecular complexity index is 933. The molecular formula is C22H26N4O5. The maximum atomic E-state index is 13.5. The van der Waals surface area contributed by atoms with E-state index in [-0.39, 0.29) is 35.9 Å². The molecule has 2 aromatic rings. The van der Waals surface area contributed by atoms with Crippen molar-refractivity contribution >= 4 is 11.8 Å². The first kappa shape index (κ1) is 20.9. The van der Waals surface area contributed by atoms with E-state index in [1.54, 1.807) is 35.5 Å². The van der Waals surface area contributed by atoms with Crippen LogP contribution in [0.25, 0.3) is 0 Å². The van der Waals surface area contributed by atoms with Crippen LogP contribution in [0, 0.1) is 0 Å². The third-order valence-corrected chi connectivity index (χ3v) is 5.63. The van der Waals surface area contributed by atoms with Gasteiger partial charge in [0.2, 0.25) is 17.7 Å². The molecule has 4 rings (SSSR count). The average molecular weight is 426 g/mol. The molecule has 0 radical (unpaired) electrons. The van der Waals surface area contributed by atoms with Gasteiger partial charge >= 0.3 is 0 Å². The van der Waals surface area contributed by atoms with E-state index in [9.17, 15) is 9.59 Å². The smallest absolute Gasteiger partial charge is 0.260 e. The van der Waals surface area contributed by atoms with Crippen molar-refractivity contribution in [3.8, 4) is 17.5 Å². The van der Waals surface area contributed by atoms with Crippen molar-refractivity contribution in [3.05, 3.63) is 42.2 Å². The first-order valence-electron chi connectivity index (χ1n) is 10.4. The minimum absolute atomic E-state index is 0.0384. The molecule has 0 bridgehead atoms. The van der Waals surface area contributed by atoms with Gasteiger partial charge in [-0.1, -0.05) is 0 Å². The molecule has 4 heterocycles. The molecule has 2 fully saturated rings. The van der Waals surface area contributed by atoms with Crippen LogP contribution in [0.2, 0.25) is 0 Å². The summed E-state index contributed by atoms with van der Waals surface area (Å²) in [6.45, 7) is 1.73. The lowest BCUT2D eigenvalue weighted by atomic mass is 10.1. The van der Waals surface area contributed by atoms with Crippen LogP contribution in [0.4, 0.5) is 0 Å². The van der Waals surface area contributed by atoms with Gasteiger partial charge in [0.1, 0.15) is 23.5 Å². The monoisotopic (exact) mass is 426 g/mol. The second-order valence-corrected chi connectivity index (χ2v) is 7.58. The summed E-state index contributed by atoms with van der Waals surface area (Å²) in [7, 11) is 2.94. The summed E-state index contributed by atoms with van der Waals surface area (Å²) < 4.78 is 16.5. The second-order valence-electron chi connectivity index (χ2n) is 7.58. The molecule has 0 spiro atoms. The molecule has 2 amide bonds. The molecule has 2 saturated heterocycles. The highest BCUT2D eigenvalue weighted by atomic mass is 16.5. The fraction of sp³-hybridized carbons (Fsp3) is 0.455. The molecule has 2 atom stereocenters. The number of carbonyl (C=O) groups excluding carboxylic acids is 2. The van der Waals surface area contributed by atoms with Crippen LogP contribution in [0.3, 0.4) is 0 Å². The number of methoxy groups -OCH3 is 2. The van der Waals surface area contributed by atoms with Gasteiger partial charge in [0.25, 0.3) is 5.91 Å². The number of aromatic nitrogens is 2. The van der Waals surface area contributed by atoms with Crippen LogP contribution >= 0.6 is 0 Å². The van der Waals surface area contributed by atoms with E-state index in [1.807, 2.05) is 11.0 Å². The lowest BCUT2D eigenvalue weighted by molar-refractivity contribution is -0.134. The van der Waals surface area contributed by atoms with Crippen LogP contribution in [0.5, 0.6) is 17.5 Å². The van der Waals surface area contributed by atoms with Crippen molar-refractivity contribution in [1.82, 2.24) is 19.8 Å². The zero-order valence-electron chi connectivity index (χ0n) is 17.7. The summed E-state index contributed by atoms with van der Waals surface area (Å²) in [5, 5.41) is 0. The van der Waals surface area contributed by atoms with Crippen LogP contribution < -0.4 is 14.2 Å². The Morgan fingerprint density at radius 1 is 1.10 bits per heavy atom. The molecule has 0 saturated carbocycles. The number of ether oxygens (including phenoxy) is 3. The van der Waals surface area contributed by atoms with Crippen molar-refractivity contribution in [2.75, 3.05) is 33.9 Å². The molecule has 2 aliphatic heterocycles. The molecule has 9 nitrogen and oxygen atoms in total. The normalized spacial score (nSPS) is 20.6. The van der Waals surface area contributed by atoms with Crippen LogP contribution in [0.1, 0.15) is 29.6 Å². The first-order valence-corrected chi connectivity index (χ1v) is 10.4. The van der Waals surface area contributed by atoms with Crippen molar-refractivity contribution in [1.29, 1.82) is 0 Å². The second kappa shape index (κ2) is 9.20. The van der Waals surface area contributed by atoms with E-state index < -0.39 is 6.04 Å². The Labute approximate surface area is 180 Å². The third kappa shape index (κ3) is 4.40. The third-order valence-electron chi connectivity index (χ3n) is 5.63. The number of rotatable bonds is 6. The number of hydrogen-bond donors (Lipinski definition) is 0. The van der Waals surface area contributed by atoms with Crippen molar-refractivity contribution < 1.29 is 23.8 Å². The molecule has 2 aliphatic rings. The predicted octanol–water partition coefficient (Wildman–Crippen LogP) is 1.78. The van der Waals surface area contributed by atoms with E-state index in [4.69, 9.17) is 14.2 Å². The van der Waals surface area contributed by atoms with Crippen molar-refractivity contribution in [2.24, 2.45) is 0 Å². The van der Waals surface area contributed by atoms with Gasteiger partial charge < -0.3 is 24.0 Å². The van der Waals surface area contributed by atoms with Crippen molar-refractivity contribution in [2.45, 2.75) is 31.4 Å². The lowest BCUT2D eigenvalue weighted by Crippen LogP contribution is -2.47. The summed E-state index contributed by atoms with van der Waals surface area (Å²) >= 11 is 0. The molecule has 0 aromatic carbocycles. The van der Waals surface area contributed by atoms with Gasteiger partial charge in [-0.25, -0.2) is 0 Å². The Morgan fingerprint density at radius 2 is 1.90 bits per heavy atom. The molecule has 0 aliphatic carbocycles. The lowest BCUT2D eigenvalue weighted by Gasteiger charge is -2.27. The molecule has 2 aromatic heterocycles. The summed E-state index contributed by atoms with van der Waals surface area (Å²) in [6, 6.07) is 6.21. The number of carbonyl (C=O) groups is 2. The Hall–Kier alpha value is -3.36. The van der Waals surface area contributed by atoms with Gasteiger partial charge in [-0.15, -0.1) is 0 Å². The van der Waals surface area contributed by atoms with Crippen LogP contribution in [-0.2, 0) is 4.79 Å². The maximum Gasteiger partial charge on any atom is 0.260 e. The summed E-state index contributed by atoms with van der Waals surface area (Å²) in [4.78, 5) is 38.4. The average Bonchev–Trinajstić information content (AvgIpc) is 3.49. The Morgan fingerprint density at radius 3 is 2.58 bits per heavy atom. The van der Waals surface area contributed by atoms with E-state index >= 15 is 0 Å². The number of pyridine rings is 2. The molecule has 0 unspecified atom stereocenters. The van der Waals surface area contributed by atoms with Gasteiger partial charge in [-0.2, -0.15) is 4.98 Å². The quantitative estimate of drug-likeness (QED) is 0.695. The van der Waals surface area contributed by atoms with Crippen LogP contribution in [0.15, 0.2) is 36.7 Å². The minimum Gasteiger partial charge on any atom is -0.487 e. The summed E-state index contributed by atoms with van der Waals surface area (Å²) in [5.74, 6) is 0.758. The van der Waals surface area contributed by atoms with E-state index in [0.29, 0.717) is 18.1 Å². The molecule has 164 valence electrons. The SMILES string of the molecule is COc1ccc(C(=O)N2C[C@@H](Oc3cccnc3)C[C@H]2C(=O)N2CCCC2)c(OC)n1. The predicted molar refractivity (Wildman–Crippen MR) is 111 cm³/mol. The largest absolute Gasteiger partial charge is 0.487 e. The number of hydrogen-bond acceptors (Lipinski definition) is 7. The van der Waals surface area contributed by atoms with E-state index in [2.05, 4.69) is 9.97 Å². The van der Waals surface area contributed by atoms with Gasteiger partial charge in [-0.05, 0) is 31.0 Å². The van der Waals surface area contributed by atoms with Crippen molar-refractivity contribution in [3.63, 3.8) is 0 Å². The summed E-state index contributed by atoms with van der Waals surface area (Å²) in [6.07, 6.45) is 5.36. The van der Waals surface area contributed by atoms with Gasteiger partial charge in [0.15, 0.2) is 0 Å². The standard InChI is InChI=1S/C22H26N4O5/c1-29-19-8-7-17(20(24-19)30-2)21(27)26-14-16(31-15-6-5-9-23-13-15)12-18(26)22(28)25-10-3-4-11-25/h5-9,13,16,18H,3-4,10-12,14H2,1-2H3/t16-,18-/m0/s1. The van der Waals surface area contributed by atoms with Gasteiger partial charge in [-0.3, -0.25) is 14.6 Å². The maximum absolute atomic E-state index is 13.5. The number of nitrogens with zero attached hydrogens (tertiary/aromatic N) is 4. The number of likely N-dealkylation sites (tertiary alicyclic amines) is 2. The fourth-order valence-corrected chi connectivity index (χ4v) is 4.11. The van der Waals surface area contributed by atoms with Gasteiger partial charge in [0.05, 0.1) is 27.0 Å². The van der Waals surface area contributed by atoms with E-state index in [1.165, 1.54) is 14.2 Å². The van der Waals surface area contributed by atoms with E-state index in [0.717, 1.165) is 25.9 Å². The minimum atomic E-state index is -0.598. The molecule has 9 heteroatoms. The zero-order chi connectivity index (χ0) is 21.8. The molecule has 0 N–H and O–H groups in total. The highest BCUT2D eigenvalue weighted by Crippen LogP contribution is 2.29. The highest BCUT2D eigenvalue weighted by molar-refractivity contribution is 5.99. The van der Waals surface area contributed by atoms with Crippen LogP contribution in [-0.4, -0.2) is 77.6 Å². The highest BCUT2D eigenvalue weighted by Gasteiger charge is 2.43. The first-order chi connectivity index (χ1) is 15.1. The fourth-order valence-electron chi connectivity index (χ4n) is 4.11. The zero-order valence-corrected chi connectivity index (χ0v) is 17.7. The van der Waals surface area contributed by atoms with Gasteiger partial charge in [0, 0.05) is 31.8 Å². The topological polar surface area (TPSA) is 94.1 Å².